The molecule has 3 rings (SSSR count). The van der Waals surface area contributed by atoms with Gasteiger partial charge < -0.3 is 0 Å². The van der Waals surface area contributed by atoms with Crippen LogP contribution in [0.4, 0.5) is 5.95 Å². The summed E-state index contributed by atoms with van der Waals surface area (Å²) in [5.41, 5.74) is 7.75. The lowest BCUT2D eigenvalue weighted by Crippen LogP contribution is -2.03. The predicted molar refractivity (Wildman–Crippen MR) is 94.5 cm³/mol. The molecule has 0 fully saturated rings. The Morgan fingerprint density at radius 3 is 2.26 bits per heavy atom. The Bertz CT molecular complexity index is 811. The van der Waals surface area contributed by atoms with E-state index in [-0.39, 0.29) is 0 Å². The molecule has 3 aromatic rings. The van der Waals surface area contributed by atoms with Crippen LogP contribution >= 0.6 is 0 Å². The van der Waals surface area contributed by atoms with Gasteiger partial charge in [-0.3, -0.25) is 0 Å². The molecule has 23 heavy (non-hydrogen) atoms. The van der Waals surface area contributed by atoms with Gasteiger partial charge in [0.1, 0.15) is 0 Å². The van der Waals surface area contributed by atoms with Crippen LogP contribution in [0.1, 0.15) is 18.2 Å². The fourth-order valence-electron chi connectivity index (χ4n) is 2.25. The number of hydrogen-bond donors (Lipinski definition) is 1. The Labute approximate surface area is 135 Å². The molecular formula is C19H18N4. The first-order valence-electron chi connectivity index (χ1n) is 7.49. The van der Waals surface area contributed by atoms with E-state index in [0.717, 1.165) is 28.2 Å². The SMILES string of the molecule is C/C(=N/Nc1nc(C)cc(-c2ccccc2)n1)c1ccccc1. The van der Waals surface area contributed by atoms with Gasteiger partial charge >= 0.3 is 0 Å². The number of aryl methyl sites for hydroxylation is 1. The van der Waals surface area contributed by atoms with Gasteiger partial charge in [0.15, 0.2) is 0 Å². The third-order valence-corrected chi connectivity index (χ3v) is 3.44. The zero-order chi connectivity index (χ0) is 16.1. The molecule has 1 N–H and O–H groups in total. The number of benzene rings is 2. The molecule has 4 nitrogen and oxygen atoms in total. The molecule has 0 aliphatic rings. The fourth-order valence-corrected chi connectivity index (χ4v) is 2.25. The van der Waals surface area contributed by atoms with Gasteiger partial charge in [-0.2, -0.15) is 5.10 Å². The average Bonchev–Trinajstić information content (AvgIpc) is 2.61. The van der Waals surface area contributed by atoms with Crippen molar-refractivity contribution < 1.29 is 0 Å². The maximum absolute atomic E-state index is 4.54. The van der Waals surface area contributed by atoms with Crippen LogP contribution < -0.4 is 5.43 Å². The van der Waals surface area contributed by atoms with Gasteiger partial charge in [-0.05, 0) is 25.5 Å². The summed E-state index contributed by atoms with van der Waals surface area (Å²) in [5, 5.41) is 4.38. The Kier molecular flexibility index (Phi) is 4.43. The van der Waals surface area contributed by atoms with E-state index >= 15 is 0 Å². The molecule has 0 atom stereocenters. The van der Waals surface area contributed by atoms with E-state index in [1.54, 1.807) is 0 Å². The van der Waals surface area contributed by atoms with Gasteiger partial charge in [0.25, 0.3) is 0 Å². The van der Waals surface area contributed by atoms with Gasteiger partial charge in [0, 0.05) is 11.3 Å². The van der Waals surface area contributed by atoms with E-state index in [4.69, 9.17) is 0 Å². The van der Waals surface area contributed by atoms with E-state index in [9.17, 15) is 0 Å². The summed E-state index contributed by atoms with van der Waals surface area (Å²) in [4.78, 5) is 8.94. The molecule has 114 valence electrons. The largest absolute Gasteiger partial charge is 0.245 e. The van der Waals surface area contributed by atoms with Crippen molar-refractivity contribution in [2.24, 2.45) is 5.10 Å². The highest BCUT2D eigenvalue weighted by atomic mass is 15.4. The minimum atomic E-state index is 0.499. The second-order valence-electron chi connectivity index (χ2n) is 5.26. The molecule has 0 spiro atoms. The molecule has 0 saturated carbocycles. The second kappa shape index (κ2) is 6.83. The lowest BCUT2D eigenvalue weighted by molar-refractivity contribution is 1.07. The third-order valence-electron chi connectivity index (χ3n) is 3.44. The quantitative estimate of drug-likeness (QED) is 0.578. The average molecular weight is 302 g/mol. The molecule has 0 aliphatic heterocycles. The first-order chi connectivity index (χ1) is 11.2. The fraction of sp³-hybridized carbons (Fsp3) is 0.105. The highest BCUT2D eigenvalue weighted by molar-refractivity contribution is 5.98. The van der Waals surface area contributed by atoms with E-state index in [2.05, 4.69) is 20.5 Å². The second-order valence-corrected chi connectivity index (χ2v) is 5.26. The molecule has 0 amide bonds. The Balaban J connectivity index is 1.85. The standard InChI is InChI=1S/C19H18N4/c1-14-13-18(17-11-7-4-8-12-17)21-19(20-14)23-22-15(2)16-9-5-3-6-10-16/h3-13H,1-2H3,(H,20,21,23)/b22-15-. The molecule has 4 heteroatoms. The van der Waals surface area contributed by atoms with Gasteiger partial charge in [0.05, 0.1) is 11.4 Å². The molecular weight excluding hydrogens is 284 g/mol. The van der Waals surface area contributed by atoms with Crippen LogP contribution in [0.2, 0.25) is 0 Å². The summed E-state index contributed by atoms with van der Waals surface area (Å²) < 4.78 is 0. The molecule has 0 aliphatic carbocycles. The smallest absolute Gasteiger partial charge is 0.244 e. The van der Waals surface area contributed by atoms with Crippen molar-refractivity contribution in [3.63, 3.8) is 0 Å². The Morgan fingerprint density at radius 2 is 1.57 bits per heavy atom. The zero-order valence-corrected chi connectivity index (χ0v) is 13.2. The molecule has 0 radical (unpaired) electrons. The summed E-state index contributed by atoms with van der Waals surface area (Å²) in [7, 11) is 0. The lowest BCUT2D eigenvalue weighted by Gasteiger charge is -2.06. The van der Waals surface area contributed by atoms with E-state index < -0.39 is 0 Å². The minimum Gasteiger partial charge on any atom is -0.245 e. The summed E-state index contributed by atoms with van der Waals surface area (Å²) in [5.74, 6) is 0.499. The van der Waals surface area contributed by atoms with Crippen LogP contribution in [-0.4, -0.2) is 15.7 Å². The topological polar surface area (TPSA) is 50.2 Å². The highest BCUT2D eigenvalue weighted by Crippen LogP contribution is 2.18. The third kappa shape index (κ3) is 3.80. The first kappa shape index (κ1) is 14.9. The Morgan fingerprint density at radius 1 is 0.913 bits per heavy atom. The van der Waals surface area contributed by atoms with Gasteiger partial charge in [0.2, 0.25) is 5.95 Å². The van der Waals surface area contributed by atoms with Crippen LogP contribution in [-0.2, 0) is 0 Å². The van der Waals surface area contributed by atoms with E-state index in [1.807, 2.05) is 80.6 Å². The van der Waals surface area contributed by atoms with Crippen LogP contribution in [0.5, 0.6) is 0 Å². The van der Waals surface area contributed by atoms with Crippen molar-refractivity contribution in [2.75, 3.05) is 5.43 Å². The van der Waals surface area contributed by atoms with Crippen LogP contribution in [0, 0.1) is 6.92 Å². The highest BCUT2D eigenvalue weighted by Gasteiger charge is 2.04. The maximum atomic E-state index is 4.54. The maximum Gasteiger partial charge on any atom is 0.244 e. The van der Waals surface area contributed by atoms with Gasteiger partial charge in [-0.1, -0.05) is 60.7 Å². The van der Waals surface area contributed by atoms with E-state index in [0.29, 0.717) is 5.95 Å². The molecule has 0 bridgehead atoms. The van der Waals surface area contributed by atoms with Crippen molar-refractivity contribution in [1.82, 2.24) is 9.97 Å². The molecule has 1 heterocycles. The van der Waals surface area contributed by atoms with Crippen molar-refractivity contribution >= 4 is 11.7 Å². The number of nitrogens with one attached hydrogen (secondary N) is 1. The lowest BCUT2D eigenvalue weighted by atomic mass is 10.1. The van der Waals surface area contributed by atoms with Crippen LogP contribution in [0.25, 0.3) is 11.3 Å². The Hall–Kier alpha value is -3.01. The van der Waals surface area contributed by atoms with Gasteiger partial charge in [-0.15, -0.1) is 0 Å². The van der Waals surface area contributed by atoms with Crippen LogP contribution in [0.15, 0.2) is 71.8 Å². The summed E-state index contributed by atoms with van der Waals surface area (Å²) >= 11 is 0. The normalized spacial score (nSPS) is 11.3. The predicted octanol–water partition coefficient (Wildman–Crippen LogP) is 4.29. The molecule has 0 saturated heterocycles. The first-order valence-corrected chi connectivity index (χ1v) is 7.49. The van der Waals surface area contributed by atoms with E-state index in [1.165, 1.54) is 0 Å². The van der Waals surface area contributed by atoms with Crippen molar-refractivity contribution in [3.05, 3.63) is 78.0 Å². The minimum absolute atomic E-state index is 0.499. The summed E-state index contributed by atoms with van der Waals surface area (Å²) in [6.07, 6.45) is 0. The summed E-state index contributed by atoms with van der Waals surface area (Å²) in [6.45, 7) is 3.91. The molecule has 1 aromatic heterocycles. The van der Waals surface area contributed by atoms with Crippen LogP contribution in [0.3, 0.4) is 0 Å². The number of aromatic nitrogens is 2. The monoisotopic (exact) mass is 302 g/mol. The van der Waals surface area contributed by atoms with Crippen molar-refractivity contribution in [2.45, 2.75) is 13.8 Å². The number of rotatable bonds is 4. The number of nitrogens with zero attached hydrogens (tertiary/aromatic N) is 3. The van der Waals surface area contributed by atoms with Gasteiger partial charge in [-0.25, -0.2) is 15.4 Å². The molecule has 0 unspecified atom stereocenters. The number of anilines is 1. The number of hydrazone groups is 1. The van der Waals surface area contributed by atoms with Crippen molar-refractivity contribution in [1.29, 1.82) is 0 Å². The zero-order valence-electron chi connectivity index (χ0n) is 13.2. The molecule has 2 aromatic carbocycles. The van der Waals surface area contributed by atoms with Crippen molar-refractivity contribution in [3.8, 4) is 11.3 Å². The number of hydrogen-bond acceptors (Lipinski definition) is 4. The summed E-state index contributed by atoms with van der Waals surface area (Å²) in [6, 6.07) is 22.0.